The van der Waals surface area contributed by atoms with E-state index in [0.29, 0.717) is 22.3 Å². The number of thioether (sulfide) groups is 1. The monoisotopic (exact) mass is 411 g/mol. The van der Waals surface area contributed by atoms with E-state index in [4.69, 9.17) is 9.47 Å². The summed E-state index contributed by atoms with van der Waals surface area (Å²) in [6.07, 6.45) is 0.0332. The second-order valence-corrected chi connectivity index (χ2v) is 7.29. The van der Waals surface area contributed by atoms with Crippen LogP contribution in [0.1, 0.15) is 6.42 Å². The highest BCUT2D eigenvalue weighted by Gasteiger charge is 2.42. The molecule has 10 heteroatoms. The van der Waals surface area contributed by atoms with Gasteiger partial charge in [-0.3, -0.25) is 9.59 Å². The zero-order valence-corrected chi connectivity index (χ0v) is 16.5. The molecule has 2 amide bonds. The van der Waals surface area contributed by atoms with Crippen molar-refractivity contribution in [1.82, 2.24) is 20.2 Å². The van der Waals surface area contributed by atoms with Crippen LogP contribution < -0.4 is 14.4 Å². The number of benzene rings is 2. The summed E-state index contributed by atoms with van der Waals surface area (Å²) in [6.45, 7) is 0. The average molecular weight is 411 g/mol. The number of aromatic nitrogens is 4. The van der Waals surface area contributed by atoms with E-state index in [1.807, 2.05) is 30.3 Å². The van der Waals surface area contributed by atoms with Gasteiger partial charge in [0, 0.05) is 12.5 Å². The predicted molar refractivity (Wildman–Crippen MR) is 105 cm³/mol. The summed E-state index contributed by atoms with van der Waals surface area (Å²) in [5.41, 5.74) is 1.12. The number of anilines is 1. The molecular formula is C19H17N5O4S. The first-order valence-corrected chi connectivity index (χ1v) is 9.59. The Morgan fingerprint density at radius 3 is 2.59 bits per heavy atom. The van der Waals surface area contributed by atoms with E-state index >= 15 is 0 Å². The highest BCUT2D eigenvalue weighted by molar-refractivity contribution is 8.00. The number of hydrogen-bond donors (Lipinski definition) is 0. The number of carbonyl (C=O) groups is 2. The van der Waals surface area contributed by atoms with Crippen molar-refractivity contribution in [2.75, 3.05) is 19.1 Å². The molecule has 148 valence electrons. The smallest absolute Gasteiger partial charge is 0.248 e. The third-order valence-corrected chi connectivity index (χ3v) is 5.54. The lowest BCUT2D eigenvalue weighted by atomic mass is 10.2. The lowest BCUT2D eigenvalue weighted by molar-refractivity contribution is -0.121. The molecule has 2 aromatic carbocycles. The first kappa shape index (κ1) is 18.9. The van der Waals surface area contributed by atoms with Crippen molar-refractivity contribution in [3.63, 3.8) is 0 Å². The van der Waals surface area contributed by atoms with Crippen LogP contribution in [0, 0.1) is 0 Å². The molecule has 1 aromatic heterocycles. The molecule has 0 unspecified atom stereocenters. The van der Waals surface area contributed by atoms with Gasteiger partial charge in [0.05, 0.1) is 25.6 Å². The van der Waals surface area contributed by atoms with Gasteiger partial charge in [-0.05, 0) is 34.7 Å². The quantitative estimate of drug-likeness (QED) is 0.569. The maximum Gasteiger partial charge on any atom is 0.248 e. The Kier molecular flexibility index (Phi) is 5.17. The highest BCUT2D eigenvalue weighted by Crippen LogP contribution is 2.39. The number of methoxy groups -OCH3 is 2. The van der Waals surface area contributed by atoms with Crippen LogP contribution in [0.15, 0.2) is 53.7 Å². The second-order valence-electron chi connectivity index (χ2n) is 6.12. The Morgan fingerprint density at radius 2 is 1.86 bits per heavy atom. The molecule has 2 heterocycles. The summed E-state index contributed by atoms with van der Waals surface area (Å²) in [6, 6.07) is 14.3. The van der Waals surface area contributed by atoms with Crippen LogP contribution in [0.2, 0.25) is 0 Å². The first-order valence-electron chi connectivity index (χ1n) is 8.71. The van der Waals surface area contributed by atoms with Gasteiger partial charge in [0.2, 0.25) is 17.0 Å². The maximum atomic E-state index is 13.1. The molecule has 0 saturated carbocycles. The molecule has 0 spiro atoms. The van der Waals surface area contributed by atoms with Crippen LogP contribution in [0.4, 0.5) is 5.69 Å². The van der Waals surface area contributed by atoms with Gasteiger partial charge in [-0.15, -0.1) is 5.10 Å². The van der Waals surface area contributed by atoms with Crippen LogP contribution in [0.3, 0.4) is 0 Å². The number of nitrogens with zero attached hydrogens (tertiary/aromatic N) is 5. The molecule has 1 fully saturated rings. The van der Waals surface area contributed by atoms with Gasteiger partial charge in [-0.25, -0.2) is 4.90 Å². The largest absolute Gasteiger partial charge is 0.497 e. The van der Waals surface area contributed by atoms with Crippen LogP contribution in [0.25, 0.3) is 5.69 Å². The highest BCUT2D eigenvalue weighted by atomic mass is 32.2. The Labute approximate surface area is 170 Å². The number of rotatable bonds is 6. The summed E-state index contributed by atoms with van der Waals surface area (Å²) in [5, 5.41) is 11.5. The van der Waals surface area contributed by atoms with Crippen LogP contribution >= 0.6 is 11.8 Å². The molecule has 1 atom stereocenters. The number of imide groups is 1. The molecule has 1 aliphatic heterocycles. The van der Waals surface area contributed by atoms with E-state index in [1.54, 1.807) is 18.2 Å². The number of tetrazole rings is 1. The molecule has 4 rings (SSSR count). The minimum atomic E-state index is -0.646. The van der Waals surface area contributed by atoms with Gasteiger partial charge < -0.3 is 9.47 Å². The average Bonchev–Trinajstić information content (AvgIpc) is 3.32. The van der Waals surface area contributed by atoms with Crippen molar-refractivity contribution >= 4 is 29.3 Å². The van der Waals surface area contributed by atoms with E-state index in [-0.39, 0.29) is 18.2 Å². The molecule has 0 bridgehead atoms. The second kappa shape index (κ2) is 7.92. The molecule has 0 radical (unpaired) electrons. The first-order chi connectivity index (χ1) is 14.1. The number of hydrogen-bond acceptors (Lipinski definition) is 8. The summed E-state index contributed by atoms with van der Waals surface area (Å²) in [4.78, 5) is 26.9. The Bertz CT molecular complexity index is 1060. The van der Waals surface area contributed by atoms with Crippen LogP contribution in [-0.4, -0.2) is 51.5 Å². The Hall–Kier alpha value is -3.40. The minimum absolute atomic E-state index is 0.0332. The SMILES string of the molecule is COc1ccc(OC)c(N2C(=O)C[C@@H](Sc3nnnn3-c3ccccc3)C2=O)c1. The minimum Gasteiger partial charge on any atom is -0.497 e. The fraction of sp³-hybridized carbons (Fsp3) is 0.211. The fourth-order valence-corrected chi connectivity index (χ4v) is 4.04. The lowest BCUT2D eigenvalue weighted by Gasteiger charge is -2.18. The molecule has 1 saturated heterocycles. The zero-order chi connectivity index (χ0) is 20.4. The van der Waals surface area contributed by atoms with E-state index in [0.717, 1.165) is 22.3 Å². The number of amides is 2. The van der Waals surface area contributed by atoms with Crippen molar-refractivity contribution < 1.29 is 19.1 Å². The fourth-order valence-electron chi connectivity index (χ4n) is 3.03. The van der Waals surface area contributed by atoms with Crippen LogP contribution in [-0.2, 0) is 9.59 Å². The molecule has 9 nitrogen and oxygen atoms in total. The lowest BCUT2D eigenvalue weighted by Crippen LogP contribution is -2.31. The van der Waals surface area contributed by atoms with E-state index in [1.165, 1.54) is 18.9 Å². The molecule has 1 aliphatic rings. The van der Waals surface area contributed by atoms with E-state index < -0.39 is 5.25 Å². The predicted octanol–water partition coefficient (Wildman–Crippen LogP) is 2.10. The van der Waals surface area contributed by atoms with Gasteiger partial charge in [0.1, 0.15) is 16.7 Å². The molecule has 0 aliphatic carbocycles. The normalized spacial score (nSPS) is 16.3. The molecule has 3 aromatic rings. The van der Waals surface area contributed by atoms with E-state index in [9.17, 15) is 9.59 Å². The number of carbonyl (C=O) groups excluding carboxylic acids is 2. The summed E-state index contributed by atoms with van der Waals surface area (Å²) < 4.78 is 12.1. The third-order valence-electron chi connectivity index (χ3n) is 4.42. The van der Waals surface area contributed by atoms with Crippen molar-refractivity contribution in [3.8, 4) is 17.2 Å². The summed E-state index contributed by atoms with van der Waals surface area (Å²) in [7, 11) is 3.00. The van der Waals surface area contributed by atoms with Crippen molar-refractivity contribution in [2.24, 2.45) is 0 Å². The van der Waals surface area contributed by atoms with E-state index in [2.05, 4.69) is 15.5 Å². The third kappa shape index (κ3) is 3.54. The molecule has 29 heavy (non-hydrogen) atoms. The summed E-state index contributed by atoms with van der Waals surface area (Å²) >= 11 is 1.16. The maximum absolute atomic E-state index is 13.1. The van der Waals surface area contributed by atoms with Gasteiger partial charge in [0.15, 0.2) is 0 Å². The number of ether oxygens (including phenoxy) is 2. The topological polar surface area (TPSA) is 99.4 Å². The van der Waals surface area contributed by atoms with Gasteiger partial charge in [-0.2, -0.15) is 4.68 Å². The van der Waals surface area contributed by atoms with Gasteiger partial charge in [-0.1, -0.05) is 30.0 Å². The van der Waals surface area contributed by atoms with Crippen LogP contribution in [0.5, 0.6) is 11.5 Å². The number of para-hydroxylation sites is 1. The van der Waals surface area contributed by atoms with Gasteiger partial charge in [0.25, 0.3) is 0 Å². The van der Waals surface area contributed by atoms with Crippen molar-refractivity contribution in [3.05, 3.63) is 48.5 Å². The Balaban J connectivity index is 1.62. The zero-order valence-electron chi connectivity index (χ0n) is 15.7. The molecule has 0 N–H and O–H groups in total. The van der Waals surface area contributed by atoms with Crippen molar-refractivity contribution in [1.29, 1.82) is 0 Å². The Morgan fingerprint density at radius 1 is 1.07 bits per heavy atom. The van der Waals surface area contributed by atoms with Gasteiger partial charge >= 0.3 is 0 Å². The van der Waals surface area contributed by atoms with Crippen molar-refractivity contribution in [2.45, 2.75) is 16.8 Å². The standard InChI is InChI=1S/C19H17N5O4S/c1-27-13-8-9-15(28-2)14(10-13)23-17(25)11-16(18(23)26)29-19-20-21-22-24(19)12-6-4-3-5-7-12/h3-10,16H,11H2,1-2H3/t16-/m1/s1. The molecular weight excluding hydrogens is 394 g/mol. The summed E-state index contributed by atoms with van der Waals surface area (Å²) in [5.74, 6) is 0.254.